The molecule has 10 nitrogen and oxygen atoms in total. The molecular formula is C34H39F2N5O5S. The molecule has 0 atom stereocenters. The zero-order chi connectivity index (χ0) is 33.6. The van der Waals surface area contributed by atoms with Crippen molar-refractivity contribution in [3.05, 3.63) is 82.6 Å². The summed E-state index contributed by atoms with van der Waals surface area (Å²) in [4.78, 5) is 40.6. The van der Waals surface area contributed by atoms with Crippen molar-refractivity contribution in [1.82, 2.24) is 14.9 Å². The lowest BCUT2D eigenvalue weighted by molar-refractivity contribution is -0.117. The Bertz CT molecular complexity index is 1670. The lowest BCUT2D eigenvalue weighted by Crippen LogP contribution is -2.17. The van der Waals surface area contributed by atoms with Gasteiger partial charge in [-0.1, -0.05) is 18.7 Å². The fourth-order valence-electron chi connectivity index (χ4n) is 4.68. The lowest BCUT2D eigenvalue weighted by Gasteiger charge is -2.12. The number of alkyl halides is 2. The number of nitrogens with one attached hydrogen (secondary N) is 3. The fraction of sp³-hybridized carbons (Fsp3) is 0.353. The maximum Gasteiger partial charge on any atom is 0.272 e. The Labute approximate surface area is 276 Å². The summed E-state index contributed by atoms with van der Waals surface area (Å²) in [5, 5.41) is 8.91. The number of ketones is 1. The second-order valence-electron chi connectivity index (χ2n) is 10.7. The quantitative estimate of drug-likeness (QED) is 0.0710. The number of benzene rings is 2. The third kappa shape index (κ3) is 10.9. The molecule has 2 heterocycles. The van der Waals surface area contributed by atoms with Crippen LogP contribution in [-0.2, 0) is 25.6 Å². The Morgan fingerprint density at radius 2 is 1.77 bits per heavy atom. The average molecular weight is 668 g/mol. The van der Waals surface area contributed by atoms with Crippen molar-refractivity contribution in [2.75, 3.05) is 43.6 Å². The van der Waals surface area contributed by atoms with Gasteiger partial charge in [-0.25, -0.2) is 13.8 Å². The number of carbonyl (C=O) groups excluding carboxylic acids is 3. The molecule has 0 saturated carbocycles. The second-order valence-corrected chi connectivity index (χ2v) is 11.8. The van der Waals surface area contributed by atoms with Crippen molar-refractivity contribution in [2.24, 2.45) is 0 Å². The number of aromatic nitrogens is 2. The molecule has 250 valence electrons. The van der Waals surface area contributed by atoms with E-state index in [1.165, 1.54) is 18.2 Å². The van der Waals surface area contributed by atoms with Crippen molar-refractivity contribution in [3.8, 4) is 5.69 Å². The molecule has 47 heavy (non-hydrogen) atoms. The van der Waals surface area contributed by atoms with Gasteiger partial charge in [0.2, 0.25) is 11.9 Å². The van der Waals surface area contributed by atoms with E-state index in [2.05, 4.69) is 22.5 Å². The zero-order valence-corrected chi connectivity index (χ0v) is 27.0. The van der Waals surface area contributed by atoms with Crippen molar-refractivity contribution < 1.29 is 32.6 Å². The molecule has 4 aromatic rings. The van der Waals surface area contributed by atoms with E-state index in [1.807, 2.05) is 18.2 Å². The third-order valence-corrected chi connectivity index (χ3v) is 8.07. The average Bonchev–Trinajstić information content (AvgIpc) is 3.68. The summed E-state index contributed by atoms with van der Waals surface area (Å²) < 4.78 is 39.2. The van der Waals surface area contributed by atoms with E-state index in [9.17, 15) is 23.2 Å². The number of ether oxygens (including phenoxy) is 2. The number of amides is 2. The predicted molar refractivity (Wildman–Crippen MR) is 180 cm³/mol. The van der Waals surface area contributed by atoms with Crippen LogP contribution in [0.15, 0.2) is 67.3 Å². The van der Waals surface area contributed by atoms with E-state index in [0.29, 0.717) is 61.8 Å². The molecule has 2 amide bonds. The molecular weight excluding hydrogens is 628 g/mol. The Kier molecular flexibility index (Phi) is 13.7. The van der Waals surface area contributed by atoms with Crippen molar-refractivity contribution in [3.63, 3.8) is 0 Å². The number of Topliss-reactive ketones (excluding diaryl/α,β-unsaturated/α-hetero) is 1. The first-order valence-electron chi connectivity index (χ1n) is 15.3. The Balaban J connectivity index is 1.38. The number of hydrogen-bond acceptors (Lipinski definition) is 8. The molecule has 13 heteroatoms. The Morgan fingerprint density at radius 1 is 0.979 bits per heavy atom. The maximum atomic E-state index is 13.1. The number of fused-ring (bicyclic) bond motifs is 1. The van der Waals surface area contributed by atoms with Crippen LogP contribution in [0.3, 0.4) is 0 Å². The highest BCUT2D eigenvalue weighted by molar-refractivity contribution is 7.14. The van der Waals surface area contributed by atoms with Crippen LogP contribution in [-0.4, -0.2) is 60.1 Å². The summed E-state index contributed by atoms with van der Waals surface area (Å²) in [5.41, 5.74) is 3.43. The number of thiophene rings is 1. The maximum absolute atomic E-state index is 13.1. The number of rotatable bonds is 20. The Morgan fingerprint density at radius 3 is 2.49 bits per heavy atom. The summed E-state index contributed by atoms with van der Waals surface area (Å²) in [5.74, 6) is -0.527. The summed E-state index contributed by atoms with van der Waals surface area (Å²) >= 11 is 0.725. The van der Waals surface area contributed by atoms with E-state index in [4.69, 9.17) is 14.5 Å². The zero-order valence-electron chi connectivity index (χ0n) is 26.2. The van der Waals surface area contributed by atoms with Crippen molar-refractivity contribution >= 4 is 51.6 Å². The normalized spacial score (nSPS) is 11.2. The van der Waals surface area contributed by atoms with Gasteiger partial charge in [0.05, 0.1) is 39.7 Å². The standard InChI is InChI=1S/C34H39F2N5O5S/c1-3-31(43)38-25-9-6-10-26(21-25)41-28-12-11-24(22-37-15-7-17-46-19-18-45-16-5-4-8-23(2)42)20-27(28)39-34(41)40-33(44)30-14-13-29(47-30)32(35)36/h3,6,9-14,20-21,32,37H,1,4-5,7-8,15-19,22H2,2H3,(H,38,43)(H,39,40,44). The molecule has 0 saturated heterocycles. The summed E-state index contributed by atoms with van der Waals surface area (Å²) in [6.07, 6.45) is 1.64. The van der Waals surface area contributed by atoms with Gasteiger partial charge >= 0.3 is 0 Å². The van der Waals surface area contributed by atoms with Gasteiger partial charge in [-0.2, -0.15) is 0 Å². The molecule has 2 aromatic carbocycles. The van der Waals surface area contributed by atoms with Gasteiger partial charge in [-0.3, -0.25) is 19.5 Å². The predicted octanol–water partition coefficient (Wildman–Crippen LogP) is 6.67. The van der Waals surface area contributed by atoms with Gasteiger partial charge in [0.1, 0.15) is 5.78 Å². The number of unbranched alkanes of at least 4 members (excludes halogenated alkanes) is 1. The molecule has 0 fully saturated rings. The molecule has 3 N–H and O–H groups in total. The molecule has 0 bridgehead atoms. The van der Waals surface area contributed by atoms with Crippen LogP contribution in [0.1, 0.15) is 59.1 Å². The fourth-order valence-corrected chi connectivity index (χ4v) is 5.44. The smallest absolute Gasteiger partial charge is 0.272 e. The summed E-state index contributed by atoms with van der Waals surface area (Å²) in [6.45, 7) is 8.69. The van der Waals surface area contributed by atoms with E-state index in [0.717, 1.165) is 42.7 Å². The summed E-state index contributed by atoms with van der Waals surface area (Å²) in [6, 6.07) is 15.4. The number of carbonyl (C=O) groups is 3. The SMILES string of the molecule is C=CC(=O)Nc1cccc(-n2c(NC(=O)c3ccc(C(F)F)s3)nc3cc(CNCCCOCCOCCCCC(C)=O)ccc32)c1. The van der Waals surface area contributed by atoms with Crippen LogP contribution in [0.5, 0.6) is 0 Å². The molecule has 4 rings (SSSR count). The third-order valence-electron chi connectivity index (χ3n) is 6.98. The minimum absolute atomic E-state index is 0.133. The second kappa shape index (κ2) is 18.1. The highest BCUT2D eigenvalue weighted by atomic mass is 32.1. The number of imidazole rings is 1. The van der Waals surface area contributed by atoms with Gasteiger partial charge in [-0.15, -0.1) is 11.3 Å². The van der Waals surface area contributed by atoms with Crippen molar-refractivity contribution in [2.45, 2.75) is 45.6 Å². The molecule has 0 radical (unpaired) electrons. The Hall–Kier alpha value is -4.30. The molecule has 2 aromatic heterocycles. The summed E-state index contributed by atoms with van der Waals surface area (Å²) in [7, 11) is 0. The van der Waals surface area contributed by atoms with Crippen LogP contribution in [0, 0.1) is 0 Å². The van der Waals surface area contributed by atoms with Crippen LogP contribution < -0.4 is 16.0 Å². The molecule has 0 aliphatic heterocycles. The first-order chi connectivity index (χ1) is 22.7. The van der Waals surface area contributed by atoms with Gasteiger partial charge in [0.15, 0.2) is 0 Å². The van der Waals surface area contributed by atoms with Crippen LogP contribution in [0.2, 0.25) is 0 Å². The first-order valence-corrected chi connectivity index (χ1v) is 16.2. The molecule has 0 spiro atoms. The van der Waals surface area contributed by atoms with Gasteiger partial charge in [0, 0.05) is 31.9 Å². The highest BCUT2D eigenvalue weighted by Gasteiger charge is 2.19. The number of nitrogens with zero attached hydrogens (tertiary/aromatic N) is 2. The van der Waals surface area contributed by atoms with Crippen molar-refractivity contribution in [1.29, 1.82) is 0 Å². The lowest BCUT2D eigenvalue weighted by atomic mass is 10.2. The minimum Gasteiger partial charge on any atom is -0.379 e. The van der Waals surface area contributed by atoms with Gasteiger partial charge in [-0.05, 0) is 86.8 Å². The largest absolute Gasteiger partial charge is 0.379 e. The van der Waals surface area contributed by atoms with Gasteiger partial charge in [0.25, 0.3) is 12.3 Å². The van der Waals surface area contributed by atoms with E-state index in [1.54, 1.807) is 35.8 Å². The highest BCUT2D eigenvalue weighted by Crippen LogP contribution is 2.30. The van der Waals surface area contributed by atoms with Crippen LogP contribution in [0.4, 0.5) is 20.4 Å². The number of halogens is 2. The molecule has 0 aliphatic carbocycles. The monoisotopic (exact) mass is 667 g/mol. The number of hydrogen-bond donors (Lipinski definition) is 3. The first kappa shape index (κ1) is 35.6. The minimum atomic E-state index is -2.67. The van der Waals surface area contributed by atoms with Crippen LogP contribution >= 0.6 is 11.3 Å². The van der Waals surface area contributed by atoms with Gasteiger partial charge < -0.3 is 24.9 Å². The van der Waals surface area contributed by atoms with E-state index >= 15 is 0 Å². The molecule has 0 aliphatic rings. The van der Waals surface area contributed by atoms with E-state index in [-0.39, 0.29) is 27.4 Å². The number of anilines is 2. The molecule has 0 unspecified atom stereocenters. The van der Waals surface area contributed by atoms with Crippen LogP contribution in [0.25, 0.3) is 16.7 Å². The topological polar surface area (TPSA) is 124 Å². The van der Waals surface area contributed by atoms with E-state index < -0.39 is 12.3 Å².